The molecule has 15 heavy (non-hydrogen) atoms. The van der Waals surface area contributed by atoms with Gasteiger partial charge in [-0.1, -0.05) is 6.92 Å². The predicted molar refractivity (Wildman–Crippen MR) is 58.5 cm³/mol. The first kappa shape index (κ1) is 12.2. The third-order valence-electron chi connectivity index (χ3n) is 3.08. The van der Waals surface area contributed by atoms with Crippen molar-refractivity contribution in [1.82, 2.24) is 9.78 Å². The van der Waals surface area contributed by atoms with Crippen molar-refractivity contribution in [2.45, 2.75) is 26.7 Å². The third-order valence-corrected chi connectivity index (χ3v) is 3.08. The highest BCUT2D eigenvalue weighted by Gasteiger charge is 2.28. The number of nitrogens with zero attached hydrogens (tertiary/aromatic N) is 2. The fourth-order valence-corrected chi connectivity index (χ4v) is 1.72. The summed E-state index contributed by atoms with van der Waals surface area (Å²) in [6, 6.07) is 2.00. The summed E-state index contributed by atoms with van der Waals surface area (Å²) >= 11 is 0. The molecule has 4 nitrogen and oxygen atoms in total. The predicted octanol–water partition coefficient (Wildman–Crippen LogP) is 0.652. The molecule has 0 aromatic carbocycles. The lowest BCUT2D eigenvalue weighted by Gasteiger charge is -2.28. The van der Waals surface area contributed by atoms with E-state index >= 15 is 0 Å². The minimum absolute atomic E-state index is 0.00419. The summed E-state index contributed by atoms with van der Waals surface area (Å²) < 4.78 is 1.81. The Morgan fingerprint density at radius 2 is 2.00 bits per heavy atom. The van der Waals surface area contributed by atoms with Crippen molar-refractivity contribution < 1.29 is 10.2 Å². The first-order valence-electron chi connectivity index (χ1n) is 5.28. The Kier molecular flexibility index (Phi) is 3.88. The maximum Gasteiger partial charge on any atom is 0.0596 e. The molecule has 1 heterocycles. The third kappa shape index (κ3) is 2.58. The van der Waals surface area contributed by atoms with Gasteiger partial charge in [-0.15, -0.1) is 0 Å². The number of aliphatic hydroxyl groups is 2. The maximum atomic E-state index is 9.35. The lowest BCUT2D eigenvalue weighted by Crippen LogP contribution is -2.32. The molecule has 0 saturated heterocycles. The van der Waals surface area contributed by atoms with E-state index in [0.717, 1.165) is 17.8 Å². The van der Waals surface area contributed by atoms with Gasteiger partial charge >= 0.3 is 0 Å². The van der Waals surface area contributed by atoms with E-state index in [4.69, 9.17) is 0 Å². The number of aliphatic hydroxyl groups excluding tert-OH is 2. The van der Waals surface area contributed by atoms with E-state index in [1.54, 1.807) is 0 Å². The molecule has 0 aliphatic heterocycles. The molecule has 0 saturated carbocycles. The van der Waals surface area contributed by atoms with Crippen molar-refractivity contribution in [1.29, 1.82) is 0 Å². The van der Waals surface area contributed by atoms with Crippen LogP contribution in [0.1, 0.15) is 24.7 Å². The van der Waals surface area contributed by atoms with Gasteiger partial charge < -0.3 is 10.2 Å². The number of rotatable bonds is 5. The normalized spacial score (nSPS) is 12.1. The van der Waals surface area contributed by atoms with Crippen molar-refractivity contribution in [2.75, 3.05) is 13.2 Å². The van der Waals surface area contributed by atoms with E-state index in [2.05, 4.69) is 5.10 Å². The summed E-state index contributed by atoms with van der Waals surface area (Å²) in [4.78, 5) is 0. The van der Waals surface area contributed by atoms with Crippen molar-refractivity contribution >= 4 is 0 Å². The zero-order valence-corrected chi connectivity index (χ0v) is 9.69. The second kappa shape index (κ2) is 4.77. The Hall–Kier alpha value is -0.870. The van der Waals surface area contributed by atoms with Crippen LogP contribution in [0.2, 0.25) is 0 Å². The number of aromatic nitrogens is 2. The summed E-state index contributed by atoms with van der Waals surface area (Å²) in [5, 5.41) is 22.9. The highest BCUT2D eigenvalue weighted by atomic mass is 16.3. The monoisotopic (exact) mass is 212 g/mol. The lowest BCUT2D eigenvalue weighted by molar-refractivity contribution is 0.0499. The standard InChI is InChI=1S/C11H20N2O2/c1-4-11(7-14,8-15)6-10-5-9(2)12-13(10)3/h5,14-15H,4,6-8H2,1-3H3. The number of aryl methyl sites for hydroxylation is 2. The van der Waals surface area contributed by atoms with Gasteiger partial charge in [-0.25, -0.2) is 0 Å². The molecule has 1 aromatic heterocycles. The minimum Gasteiger partial charge on any atom is -0.396 e. The van der Waals surface area contributed by atoms with Crippen LogP contribution in [-0.2, 0) is 13.5 Å². The van der Waals surface area contributed by atoms with Gasteiger partial charge in [-0.2, -0.15) is 5.10 Å². The zero-order valence-electron chi connectivity index (χ0n) is 9.69. The van der Waals surface area contributed by atoms with Crippen LogP contribution >= 0.6 is 0 Å². The molecule has 0 amide bonds. The minimum atomic E-state index is -0.416. The van der Waals surface area contributed by atoms with Crippen LogP contribution < -0.4 is 0 Å². The van der Waals surface area contributed by atoms with Crippen molar-refractivity contribution in [3.8, 4) is 0 Å². The van der Waals surface area contributed by atoms with Gasteiger partial charge in [-0.3, -0.25) is 4.68 Å². The van der Waals surface area contributed by atoms with Gasteiger partial charge in [0.15, 0.2) is 0 Å². The molecule has 0 aliphatic carbocycles. The zero-order chi connectivity index (χ0) is 11.5. The highest BCUT2D eigenvalue weighted by Crippen LogP contribution is 2.26. The largest absolute Gasteiger partial charge is 0.396 e. The molecule has 2 N–H and O–H groups in total. The quantitative estimate of drug-likeness (QED) is 0.753. The molecule has 1 rings (SSSR count). The Morgan fingerprint density at radius 1 is 1.40 bits per heavy atom. The van der Waals surface area contributed by atoms with Gasteiger partial charge in [0, 0.05) is 18.2 Å². The molecule has 86 valence electrons. The Labute approximate surface area is 90.5 Å². The fraction of sp³-hybridized carbons (Fsp3) is 0.727. The van der Waals surface area contributed by atoms with Crippen LogP contribution in [0.4, 0.5) is 0 Å². The SMILES string of the molecule is CCC(CO)(CO)Cc1cc(C)nn1C. The molecule has 0 radical (unpaired) electrons. The molecule has 0 unspecified atom stereocenters. The summed E-state index contributed by atoms with van der Waals surface area (Å²) in [5.41, 5.74) is 1.60. The molecule has 0 aliphatic rings. The van der Waals surface area contributed by atoms with Crippen LogP contribution in [0.5, 0.6) is 0 Å². The molecule has 0 spiro atoms. The molecule has 4 heteroatoms. The smallest absolute Gasteiger partial charge is 0.0596 e. The van der Waals surface area contributed by atoms with Crippen LogP contribution in [0.25, 0.3) is 0 Å². The topological polar surface area (TPSA) is 58.3 Å². The van der Waals surface area contributed by atoms with E-state index in [0.29, 0.717) is 6.42 Å². The molecular formula is C11H20N2O2. The first-order valence-corrected chi connectivity index (χ1v) is 5.28. The van der Waals surface area contributed by atoms with E-state index in [1.165, 1.54) is 0 Å². The Balaban J connectivity index is 2.87. The molecule has 0 bridgehead atoms. The number of hydrogen-bond acceptors (Lipinski definition) is 3. The van der Waals surface area contributed by atoms with Crippen molar-refractivity contribution in [3.63, 3.8) is 0 Å². The van der Waals surface area contributed by atoms with Crippen LogP contribution in [-0.4, -0.2) is 33.2 Å². The second-order valence-corrected chi connectivity index (χ2v) is 4.25. The van der Waals surface area contributed by atoms with Gasteiger partial charge in [-0.05, 0) is 25.8 Å². The first-order chi connectivity index (χ1) is 7.06. The lowest BCUT2D eigenvalue weighted by atomic mass is 9.82. The molecule has 0 atom stereocenters. The summed E-state index contributed by atoms with van der Waals surface area (Å²) in [6.07, 6.45) is 1.41. The Morgan fingerprint density at radius 3 is 2.33 bits per heavy atom. The summed E-state index contributed by atoms with van der Waals surface area (Å²) in [5.74, 6) is 0. The average Bonchev–Trinajstić information content (AvgIpc) is 2.54. The van der Waals surface area contributed by atoms with Crippen LogP contribution in [0, 0.1) is 12.3 Å². The average molecular weight is 212 g/mol. The van der Waals surface area contributed by atoms with Gasteiger partial charge in [0.05, 0.1) is 18.9 Å². The highest BCUT2D eigenvalue weighted by molar-refractivity contribution is 5.11. The molecule has 0 fully saturated rings. The van der Waals surface area contributed by atoms with Gasteiger partial charge in [0.1, 0.15) is 0 Å². The van der Waals surface area contributed by atoms with Crippen LogP contribution in [0.15, 0.2) is 6.07 Å². The van der Waals surface area contributed by atoms with Crippen molar-refractivity contribution in [3.05, 3.63) is 17.5 Å². The fourth-order valence-electron chi connectivity index (χ4n) is 1.72. The van der Waals surface area contributed by atoms with E-state index in [1.807, 2.05) is 31.6 Å². The maximum absolute atomic E-state index is 9.35. The number of hydrogen-bond donors (Lipinski definition) is 2. The molecular weight excluding hydrogens is 192 g/mol. The Bertz CT molecular complexity index is 308. The molecule has 1 aromatic rings. The summed E-state index contributed by atoms with van der Waals surface area (Å²) in [6.45, 7) is 3.93. The summed E-state index contributed by atoms with van der Waals surface area (Å²) in [7, 11) is 1.89. The van der Waals surface area contributed by atoms with Gasteiger partial charge in [0.25, 0.3) is 0 Å². The van der Waals surface area contributed by atoms with Crippen LogP contribution in [0.3, 0.4) is 0 Å². The second-order valence-electron chi connectivity index (χ2n) is 4.25. The van der Waals surface area contributed by atoms with Crippen molar-refractivity contribution in [2.24, 2.45) is 12.5 Å². The van der Waals surface area contributed by atoms with E-state index in [9.17, 15) is 10.2 Å². The van der Waals surface area contributed by atoms with E-state index in [-0.39, 0.29) is 13.2 Å². The van der Waals surface area contributed by atoms with E-state index < -0.39 is 5.41 Å². The van der Waals surface area contributed by atoms with Gasteiger partial charge in [0.2, 0.25) is 0 Å².